The molecule has 0 bridgehead atoms. The van der Waals surface area contributed by atoms with Gasteiger partial charge in [0.25, 0.3) is 0 Å². The third-order valence-corrected chi connectivity index (χ3v) is 3.41. The van der Waals surface area contributed by atoms with E-state index in [0.717, 1.165) is 12.8 Å². The van der Waals surface area contributed by atoms with Gasteiger partial charge in [-0.1, -0.05) is 6.07 Å². The van der Waals surface area contributed by atoms with Crippen LogP contribution in [0.4, 0.5) is 4.39 Å². The van der Waals surface area contributed by atoms with E-state index in [-0.39, 0.29) is 23.8 Å². The molecular weight excluding hydrogens is 269 g/mol. The fourth-order valence-electron chi connectivity index (χ4n) is 2.08. The van der Waals surface area contributed by atoms with E-state index in [1.165, 1.54) is 6.07 Å². The molecule has 1 aromatic heterocycles. The fraction of sp³-hybridized carbons (Fsp3) is 0.385. The summed E-state index contributed by atoms with van der Waals surface area (Å²) < 4.78 is 15.3. The molecule has 6 heteroatoms. The summed E-state index contributed by atoms with van der Waals surface area (Å²) >= 11 is 5.82. The highest BCUT2D eigenvalue weighted by atomic mass is 35.5. The molecule has 100 valence electrons. The van der Waals surface area contributed by atoms with Gasteiger partial charge in [0.2, 0.25) is 5.91 Å². The van der Waals surface area contributed by atoms with Crippen LogP contribution in [0.3, 0.4) is 0 Å². The summed E-state index contributed by atoms with van der Waals surface area (Å²) in [4.78, 5) is 16.0. The smallest absolute Gasteiger partial charge is 0.240 e. The van der Waals surface area contributed by atoms with Gasteiger partial charge in [0.15, 0.2) is 5.82 Å². The number of benzene rings is 1. The average molecular weight is 282 g/mol. The molecule has 1 aliphatic rings. The molecule has 0 radical (unpaired) electrons. The maximum atomic E-state index is 13.7. The molecule has 0 spiro atoms. The zero-order valence-electron chi connectivity index (χ0n) is 10.2. The first-order valence-corrected chi connectivity index (χ1v) is 6.71. The Balaban J connectivity index is 1.95. The molecule has 1 fully saturated rings. The summed E-state index contributed by atoms with van der Waals surface area (Å²) in [7, 11) is 0. The molecule has 1 amide bonds. The van der Waals surface area contributed by atoms with Crippen LogP contribution in [0, 0.1) is 5.82 Å². The largest absolute Gasteiger partial charge is 0.352 e. The topological polar surface area (TPSA) is 46.9 Å². The van der Waals surface area contributed by atoms with Gasteiger partial charge in [0.1, 0.15) is 17.9 Å². The molecule has 2 aromatic rings. The van der Waals surface area contributed by atoms with Crippen molar-refractivity contribution in [2.24, 2.45) is 0 Å². The van der Waals surface area contributed by atoms with E-state index >= 15 is 0 Å². The summed E-state index contributed by atoms with van der Waals surface area (Å²) in [5.41, 5.74) is 0.860. The fourth-order valence-corrected chi connectivity index (χ4v) is 2.29. The number of hydrogen-bond acceptors (Lipinski definition) is 2. The third kappa shape index (κ3) is 2.42. The highest BCUT2D eigenvalue weighted by Gasteiger charge is 2.24. The minimum atomic E-state index is -0.398. The zero-order valence-corrected chi connectivity index (χ0v) is 11.0. The number of nitrogens with zero attached hydrogens (tertiary/aromatic N) is 2. The molecule has 1 heterocycles. The maximum absolute atomic E-state index is 13.7. The number of aromatic nitrogens is 2. The summed E-state index contributed by atoms with van der Waals surface area (Å²) in [5.74, 6) is 0.167. The minimum Gasteiger partial charge on any atom is -0.352 e. The van der Waals surface area contributed by atoms with Crippen LogP contribution in [0.25, 0.3) is 11.0 Å². The average Bonchev–Trinajstić information content (AvgIpc) is 3.12. The Morgan fingerprint density at radius 3 is 3.00 bits per heavy atom. The molecule has 1 aromatic carbocycles. The summed E-state index contributed by atoms with van der Waals surface area (Å²) in [6.45, 7) is 0.124. The molecule has 4 nitrogen and oxygen atoms in total. The number of nitrogens with one attached hydrogen (secondary N) is 1. The van der Waals surface area contributed by atoms with E-state index in [1.807, 2.05) is 0 Å². The van der Waals surface area contributed by atoms with Crippen LogP contribution in [-0.2, 0) is 17.2 Å². The van der Waals surface area contributed by atoms with Crippen LogP contribution in [0.1, 0.15) is 18.7 Å². The van der Waals surface area contributed by atoms with Crippen LogP contribution in [0.15, 0.2) is 18.2 Å². The van der Waals surface area contributed by atoms with Crippen LogP contribution in [-0.4, -0.2) is 21.5 Å². The second-order valence-electron chi connectivity index (χ2n) is 4.70. The summed E-state index contributed by atoms with van der Waals surface area (Å²) in [5, 5.41) is 2.90. The second-order valence-corrected chi connectivity index (χ2v) is 4.96. The van der Waals surface area contributed by atoms with E-state index in [2.05, 4.69) is 10.3 Å². The van der Waals surface area contributed by atoms with Crippen molar-refractivity contribution < 1.29 is 9.18 Å². The number of imidazole rings is 1. The van der Waals surface area contributed by atoms with Gasteiger partial charge in [0.05, 0.1) is 11.4 Å². The lowest BCUT2D eigenvalue weighted by molar-refractivity contribution is -0.121. The van der Waals surface area contributed by atoms with Gasteiger partial charge >= 0.3 is 0 Å². The SMILES string of the molecule is O=C(Cn1c(CCl)nc2c(F)cccc21)NC1CC1. The molecule has 0 unspecified atom stereocenters. The van der Waals surface area contributed by atoms with Crippen molar-refractivity contribution in [2.45, 2.75) is 31.3 Å². The summed E-state index contributed by atoms with van der Waals surface area (Å²) in [6.07, 6.45) is 2.07. The van der Waals surface area contributed by atoms with Crippen molar-refractivity contribution in [1.82, 2.24) is 14.9 Å². The molecule has 0 saturated heterocycles. The van der Waals surface area contributed by atoms with Crippen molar-refractivity contribution in [2.75, 3.05) is 0 Å². The van der Waals surface area contributed by atoms with Crippen molar-refractivity contribution in [3.8, 4) is 0 Å². The second kappa shape index (κ2) is 4.81. The van der Waals surface area contributed by atoms with Gasteiger partial charge in [0, 0.05) is 6.04 Å². The number of alkyl halides is 1. The number of fused-ring (bicyclic) bond motifs is 1. The quantitative estimate of drug-likeness (QED) is 0.874. The Hall–Kier alpha value is -1.62. The van der Waals surface area contributed by atoms with Crippen LogP contribution in [0.2, 0.25) is 0 Å². The molecule has 1 aliphatic carbocycles. The minimum absolute atomic E-state index is 0.0857. The van der Waals surface area contributed by atoms with E-state index in [0.29, 0.717) is 17.4 Å². The number of amides is 1. The molecule has 19 heavy (non-hydrogen) atoms. The van der Waals surface area contributed by atoms with Gasteiger partial charge in [-0.2, -0.15) is 0 Å². The Kier molecular flexibility index (Phi) is 3.14. The number of carbonyl (C=O) groups excluding carboxylic acids is 1. The van der Waals surface area contributed by atoms with Gasteiger partial charge in [-0.25, -0.2) is 9.37 Å². The monoisotopic (exact) mass is 281 g/mol. The molecule has 3 rings (SSSR count). The Bertz CT molecular complexity index is 636. The molecule has 0 aliphatic heterocycles. The Morgan fingerprint density at radius 2 is 2.32 bits per heavy atom. The number of para-hydroxylation sites is 1. The molecular formula is C13H13ClFN3O. The lowest BCUT2D eigenvalue weighted by atomic mass is 10.3. The Morgan fingerprint density at radius 1 is 1.53 bits per heavy atom. The highest BCUT2D eigenvalue weighted by Crippen LogP contribution is 2.21. The van der Waals surface area contributed by atoms with E-state index in [9.17, 15) is 9.18 Å². The van der Waals surface area contributed by atoms with Crippen molar-refractivity contribution in [3.63, 3.8) is 0 Å². The molecule has 0 atom stereocenters. The first kappa shape index (κ1) is 12.4. The van der Waals surface area contributed by atoms with Gasteiger partial charge in [-0.05, 0) is 25.0 Å². The summed E-state index contributed by atoms with van der Waals surface area (Å²) in [6, 6.07) is 5.00. The first-order chi connectivity index (χ1) is 9.19. The first-order valence-electron chi connectivity index (χ1n) is 6.18. The van der Waals surface area contributed by atoms with Crippen LogP contribution < -0.4 is 5.32 Å². The van der Waals surface area contributed by atoms with E-state index in [1.54, 1.807) is 16.7 Å². The zero-order chi connectivity index (χ0) is 13.4. The van der Waals surface area contributed by atoms with Crippen LogP contribution in [0.5, 0.6) is 0 Å². The number of halogens is 2. The molecule has 1 saturated carbocycles. The van der Waals surface area contributed by atoms with Crippen LogP contribution >= 0.6 is 11.6 Å². The standard InChI is InChI=1S/C13H13ClFN3O/c14-6-11-17-13-9(15)2-1-3-10(13)18(11)7-12(19)16-8-4-5-8/h1-3,8H,4-7H2,(H,16,19). The van der Waals surface area contributed by atoms with Gasteiger partial charge in [-0.15, -0.1) is 11.6 Å². The van der Waals surface area contributed by atoms with Gasteiger partial charge in [-0.3, -0.25) is 4.79 Å². The number of rotatable bonds is 4. The maximum Gasteiger partial charge on any atom is 0.240 e. The van der Waals surface area contributed by atoms with Crippen molar-refractivity contribution in [1.29, 1.82) is 0 Å². The highest BCUT2D eigenvalue weighted by molar-refractivity contribution is 6.16. The Labute approximate surface area is 114 Å². The normalized spacial score (nSPS) is 14.8. The van der Waals surface area contributed by atoms with Crippen molar-refractivity contribution in [3.05, 3.63) is 29.8 Å². The predicted molar refractivity (Wildman–Crippen MR) is 70.4 cm³/mol. The third-order valence-electron chi connectivity index (χ3n) is 3.17. The van der Waals surface area contributed by atoms with E-state index < -0.39 is 5.82 Å². The lowest BCUT2D eigenvalue weighted by Crippen LogP contribution is -2.29. The van der Waals surface area contributed by atoms with Crippen molar-refractivity contribution >= 4 is 28.5 Å². The predicted octanol–water partition coefficient (Wildman–Crippen LogP) is 2.19. The number of carbonyl (C=O) groups is 1. The van der Waals surface area contributed by atoms with Gasteiger partial charge < -0.3 is 9.88 Å². The molecule has 1 N–H and O–H groups in total. The lowest BCUT2D eigenvalue weighted by Gasteiger charge is -2.08. The number of hydrogen-bond donors (Lipinski definition) is 1. The van der Waals surface area contributed by atoms with E-state index in [4.69, 9.17) is 11.6 Å².